The molecule has 0 aliphatic heterocycles. The number of para-hydroxylation sites is 2. The summed E-state index contributed by atoms with van der Waals surface area (Å²) in [6.45, 7) is 0. The van der Waals surface area contributed by atoms with E-state index in [4.69, 9.17) is 4.74 Å². The highest BCUT2D eigenvalue weighted by Crippen LogP contribution is 2.27. The van der Waals surface area contributed by atoms with Crippen LogP contribution in [0.2, 0.25) is 0 Å². The molecule has 2 aromatic carbocycles. The molecule has 126 valence electrons. The number of ether oxygens (including phenoxy) is 1. The van der Waals surface area contributed by atoms with Gasteiger partial charge < -0.3 is 10.1 Å². The fourth-order valence-electron chi connectivity index (χ4n) is 2.77. The third kappa shape index (κ3) is 4.23. The first kappa shape index (κ1) is 16.7. The molecule has 1 unspecified atom stereocenters. The van der Waals surface area contributed by atoms with Crippen LogP contribution in [0.4, 0.5) is 5.69 Å². The van der Waals surface area contributed by atoms with Crippen molar-refractivity contribution in [2.75, 3.05) is 12.4 Å². The zero-order valence-electron chi connectivity index (χ0n) is 14.1. The lowest BCUT2D eigenvalue weighted by Crippen LogP contribution is -2.23. The number of hydrogen-bond donors (Lipinski definition) is 1. The van der Waals surface area contributed by atoms with Crippen molar-refractivity contribution in [2.24, 2.45) is 0 Å². The van der Waals surface area contributed by atoms with Crippen LogP contribution in [-0.2, 0) is 11.2 Å². The Morgan fingerprint density at radius 1 is 1.04 bits per heavy atom. The Morgan fingerprint density at radius 3 is 2.52 bits per heavy atom. The molecular weight excluding hydrogens is 312 g/mol. The fraction of sp³-hybridized carbons (Fsp3) is 0.143. The quantitative estimate of drug-likeness (QED) is 0.741. The Balaban J connectivity index is 1.87. The molecule has 1 N–H and O–H groups in total. The molecule has 0 fully saturated rings. The van der Waals surface area contributed by atoms with E-state index in [0.29, 0.717) is 17.9 Å². The van der Waals surface area contributed by atoms with Crippen LogP contribution in [0, 0.1) is 0 Å². The summed E-state index contributed by atoms with van der Waals surface area (Å²) in [5, 5.41) is 3.00. The van der Waals surface area contributed by atoms with E-state index >= 15 is 0 Å². The van der Waals surface area contributed by atoms with E-state index in [1.807, 2.05) is 66.7 Å². The van der Waals surface area contributed by atoms with E-state index in [1.165, 1.54) is 0 Å². The van der Waals surface area contributed by atoms with Gasteiger partial charge in [0.1, 0.15) is 5.75 Å². The topological polar surface area (TPSA) is 51.2 Å². The summed E-state index contributed by atoms with van der Waals surface area (Å²) >= 11 is 0. The van der Waals surface area contributed by atoms with E-state index in [0.717, 1.165) is 11.1 Å². The van der Waals surface area contributed by atoms with Gasteiger partial charge in [-0.3, -0.25) is 9.78 Å². The Kier molecular flexibility index (Phi) is 5.42. The predicted molar refractivity (Wildman–Crippen MR) is 98.7 cm³/mol. The van der Waals surface area contributed by atoms with E-state index in [1.54, 1.807) is 19.5 Å². The maximum absolute atomic E-state index is 13.0. The number of rotatable bonds is 6. The van der Waals surface area contributed by atoms with Gasteiger partial charge >= 0.3 is 0 Å². The number of nitrogens with zero attached hydrogens (tertiary/aromatic N) is 1. The standard InChI is InChI=1S/C21H20N2O2/c1-25-20-12-6-5-11-19(20)23-21(24)18(17-9-3-2-4-10-17)14-16-8-7-13-22-15-16/h2-13,15,18H,14H2,1H3,(H,23,24). The Bertz CT molecular complexity index is 820. The maximum Gasteiger partial charge on any atom is 0.232 e. The van der Waals surface area contributed by atoms with Gasteiger partial charge in [0.25, 0.3) is 0 Å². The van der Waals surface area contributed by atoms with Crippen molar-refractivity contribution >= 4 is 11.6 Å². The van der Waals surface area contributed by atoms with E-state index in [-0.39, 0.29) is 11.8 Å². The summed E-state index contributed by atoms with van der Waals surface area (Å²) in [5.74, 6) is 0.263. The lowest BCUT2D eigenvalue weighted by atomic mass is 9.91. The number of pyridine rings is 1. The summed E-state index contributed by atoms with van der Waals surface area (Å²) in [4.78, 5) is 17.1. The molecule has 4 nitrogen and oxygen atoms in total. The second-order valence-electron chi connectivity index (χ2n) is 5.72. The molecule has 0 saturated heterocycles. The van der Waals surface area contributed by atoms with Gasteiger partial charge in [-0.1, -0.05) is 48.5 Å². The van der Waals surface area contributed by atoms with Crippen molar-refractivity contribution in [3.8, 4) is 5.75 Å². The summed E-state index contributed by atoms with van der Waals surface area (Å²) in [6, 6.07) is 21.1. The third-order valence-electron chi connectivity index (χ3n) is 4.05. The lowest BCUT2D eigenvalue weighted by Gasteiger charge is -2.18. The molecule has 1 atom stereocenters. The molecule has 25 heavy (non-hydrogen) atoms. The third-order valence-corrected chi connectivity index (χ3v) is 4.05. The van der Waals surface area contributed by atoms with Gasteiger partial charge in [-0.05, 0) is 35.7 Å². The predicted octanol–water partition coefficient (Wildman–Crippen LogP) is 4.06. The largest absolute Gasteiger partial charge is 0.495 e. The highest BCUT2D eigenvalue weighted by molar-refractivity contribution is 5.97. The molecule has 0 radical (unpaired) electrons. The number of carbonyl (C=O) groups is 1. The molecule has 4 heteroatoms. The monoisotopic (exact) mass is 332 g/mol. The number of nitrogens with one attached hydrogen (secondary N) is 1. The first-order chi connectivity index (χ1) is 12.3. The lowest BCUT2D eigenvalue weighted by molar-refractivity contribution is -0.117. The van der Waals surface area contributed by atoms with Gasteiger partial charge in [-0.25, -0.2) is 0 Å². The minimum atomic E-state index is -0.310. The molecule has 0 aliphatic carbocycles. The first-order valence-electron chi connectivity index (χ1n) is 8.15. The van der Waals surface area contributed by atoms with Gasteiger partial charge in [0.05, 0.1) is 18.7 Å². The number of aromatic nitrogens is 1. The Hall–Kier alpha value is -3.14. The van der Waals surface area contributed by atoms with Gasteiger partial charge in [0.2, 0.25) is 5.91 Å². The average molecular weight is 332 g/mol. The van der Waals surface area contributed by atoms with Crippen molar-refractivity contribution < 1.29 is 9.53 Å². The zero-order valence-corrected chi connectivity index (χ0v) is 14.1. The zero-order chi connectivity index (χ0) is 17.5. The van der Waals surface area contributed by atoms with Crippen molar-refractivity contribution in [1.82, 2.24) is 4.98 Å². The minimum absolute atomic E-state index is 0.0699. The van der Waals surface area contributed by atoms with Crippen LogP contribution in [0.5, 0.6) is 5.75 Å². The van der Waals surface area contributed by atoms with E-state index < -0.39 is 0 Å². The summed E-state index contributed by atoms with van der Waals surface area (Å²) in [6.07, 6.45) is 4.11. The molecule has 0 spiro atoms. The second kappa shape index (κ2) is 8.11. The van der Waals surface area contributed by atoms with Crippen LogP contribution in [0.3, 0.4) is 0 Å². The van der Waals surface area contributed by atoms with Crippen molar-refractivity contribution in [1.29, 1.82) is 0 Å². The van der Waals surface area contributed by atoms with Gasteiger partial charge in [0.15, 0.2) is 0 Å². The summed E-state index contributed by atoms with van der Waals surface area (Å²) in [7, 11) is 1.59. The molecule has 1 heterocycles. The number of benzene rings is 2. The van der Waals surface area contributed by atoms with Gasteiger partial charge in [0, 0.05) is 12.4 Å². The summed E-state index contributed by atoms with van der Waals surface area (Å²) < 4.78 is 5.33. The number of hydrogen-bond acceptors (Lipinski definition) is 3. The van der Waals surface area contributed by atoms with Gasteiger partial charge in [-0.15, -0.1) is 0 Å². The number of methoxy groups -OCH3 is 1. The highest BCUT2D eigenvalue weighted by atomic mass is 16.5. The SMILES string of the molecule is COc1ccccc1NC(=O)C(Cc1cccnc1)c1ccccc1. The average Bonchev–Trinajstić information content (AvgIpc) is 2.68. The van der Waals surface area contributed by atoms with Crippen LogP contribution < -0.4 is 10.1 Å². The Morgan fingerprint density at radius 2 is 1.80 bits per heavy atom. The number of carbonyl (C=O) groups excluding carboxylic acids is 1. The number of amides is 1. The molecule has 3 aromatic rings. The van der Waals surface area contributed by atoms with Crippen molar-refractivity contribution in [3.63, 3.8) is 0 Å². The molecule has 0 aliphatic rings. The van der Waals surface area contributed by atoms with Crippen LogP contribution in [-0.4, -0.2) is 18.0 Å². The molecule has 0 saturated carbocycles. The van der Waals surface area contributed by atoms with E-state index in [9.17, 15) is 4.79 Å². The van der Waals surface area contributed by atoms with Crippen molar-refractivity contribution in [3.05, 3.63) is 90.3 Å². The fourth-order valence-corrected chi connectivity index (χ4v) is 2.77. The molecule has 1 aromatic heterocycles. The van der Waals surface area contributed by atoms with Crippen LogP contribution >= 0.6 is 0 Å². The molecular formula is C21H20N2O2. The highest BCUT2D eigenvalue weighted by Gasteiger charge is 2.22. The number of anilines is 1. The second-order valence-corrected chi connectivity index (χ2v) is 5.72. The van der Waals surface area contributed by atoms with Crippen LogP contribution in [0.25, 0.3) is 0 Å². The Labute approximate surface area is 147 Å². The van der Waals surface area contributed by atoms with Crippen molar-refractivity contribution in [2.45, 2.75) is 12.3 Å². The van der Waals surface area contributed by atoms with E-state index in [2.05, 4.69) is 10.3 Å². The molecule has 0 bridgehead atoms. The first-order valence-corrected chi connectivity index (χ1v) is 8.15. The normalized spacial score (nSPS) is 11.6. The molecule has 1 amide bonds. The van der Waals surface area contributed by atoms with Crippen LogP contribution in [0.1, 0.15) is 17.0 Å². The minimum Gasteiger partial charge on any atom is -0.495 e. The van der Waals surface area contributed by atoms with Gasteiger partial charge in [-0.2, -0.15) is 0 Å². The van der Waals surface area contributed by atoms with Crippen LogP contribution in [0.15, 0.2) is 79.1 Å². The molecule has 3 rings (SSSR count). The smallest absolute Gasteiger partial charge is 0.232 e. The summed E-state index contributed by atoms with van der Waals surface area (Å²) in [5.41, 5.74) is 2.66. The maximum atomic E-state index is 13.0.